The van der Waals surface area contributed by atoms with Crippen molar-refractivity contribution in [1.29, 1.82) is 0 Å². The Morgan fingerprint density at radius 3 is 2.58 bits per heavy atom. The maximum Gasteiger partial charge on any atom is 0.284 e. The lowest BCUT2D eigenvalue weighted by Gasteiger charge is -2.10. The number of rotatable bonds is 4. The number of thiazole rings is 1. The summed E-state index contributed by atoms with van der Waals surface area (Å²) < 4.78 is 14.0. The first-order valence-corrected chi connectivity index (χ1v) is 9.07. The summed E-state index contributed by atoms with van der Waals surface area (Å²) in [6, 6.07) is 11.4. The molecule has 0 atom stereocenters. The van der Waals surface area contributed by atoms with Gasteiger partial charge in [-0.3, -0.25) is 4.79 Å². The molecule has 0 spiro atoms. The summed E-state index contributed by atoms with van der Waals surface area (Å²) in [6.45, 7) is 0. The largest absolute Gasteiger partial charge is 0.397 e. The van der Waals surface area contributed by atoms with Crippen molar-refractivity contribution < 1.29 is 9.18 Å². The zero-order chi connectivity index (χ0) is 17.1. The lowest BCUT2D eigenvalue weighted by molar-refractivity contribution is 0.102. The van der Waals surface area contributed by atoms with E-state index in [4.69, 9.17) is 5.73 Å². The van der Waals surface area contributed by atoms with Crippen LogP contribution in [-0.4, -0.2) is 17.1 Å². The van der Waals surface area contributed by atoms with Crippen molar-refractivity contribution in [3.05, 3.63) is 59.5 Å². The van der Waals surface area contributed by atoms with Gasteiger partial charge in [0, 0.05) is 0 Å². The van der Waals surface area contributed by atoms with Crippen LogP contribution < -0.4 is 11.1 Å². The number of nitrogens with zero attached hydrogens (tertiary/aromatic N) is 1. The summed E-state index contributed by atoms with van der Waals surface area (Å²) in [6.07, 6.45) is 3.60. The highest BCUT2D eigenvalue weighted by atomic mass is 32.2. The molecule has 0 aliphatic carbocycles. The van der Waals surface area contributed by atoms with E-state index in [0.29, 0.717) is 16.4 Å². The van der Waals surface area contributed by atoms with E-state index >= 15 is 0 Å². The first-order chi connectivity index (χ1) is 11.6. The van der Waals surface area contributed by atoms with Gasteiger partial charge in [0.15, 0.2) is 5.01 Å². The molecule has 0 aliphatic rings. The highest BCUT2D eigenvalue weighted by Gasteiger charge is 2.13. The van der Waals surface area contributed by atoms with E-state index < -0.39 is 0 Å². The highest BCUT2D eigenvalue weighted by molar-refractivity contribution is 8.00. The molecule has 1 aromatic heterocycles. The number of thioether (sulfide) groups is 1. The first kappa shape index (κ1) is 16.5. The first-order valence-electron chi connectivity index (χ1n) is 7.03. The molecule has 2 aromatic carbocycles. The molecule has 4 nitrogen and oxygen atoms in total. The summed E-state index contributed by atoms with van der Waals surface area (Å²) in [5.74, 6) is -0.598. The van der Waals surface area contributed by atoms with Crippen LogP contribution in [0.1, 0.15) is 9.80 Å². The van der Waals surface area contributed by atoms with E-state index in [1.54, 1.807) is 30.5 Å². The SMILES string of the molecule is CSc1cnc(C(=O)Nc2cc(-c3ccc(F)cc3)ccc2N)s1. The molecule has 0 bridgehead atoms. The molecule has 1 heterocycles. The average Bonchev–Trinajstić information content (AvgIpc) is 3.07. The van der Waals surface area contributed by atoms with Crippen molar-refractivity contribution in [2.75, 3.05) is 17.3 Å². The van der Waals surface area contributed by atoms with Gasteiger partial charge in [-0.05, 0) is 41.6 Å². The number of nitrogens with two attached hydrogens (primary N) is 1. The number of hydrogen-bond donors (Lipinski definition) is 2. The van der Waals surface area contributed by atoms with Gasteiger partial charge in [0.1, 0.15) is 5.82 Å². The molecule has 1 amide bonds. The molecule has 24 heavy (non-hydrogen) atoms. The van der Waals surface area contributed by atoms with Gasteiger partial charge < -0.3 is 11.1 Å². The molecule has 0 saturated carbocycles. The zero-order valence-corrected chi connectivity index (χ0v) is 14.4. The van der Waals surface area contributed by atoms with Crippen LogP contribution in [0.3, 0.4) is 0 Å². The molecular formula is C17H14FN3OS2. The number of benzene rings is 2. The molecule has 3 aromatic rings. The topological polar surface area (TPSA) is 68.0 Å². The summed E-state index contributed by atoms with van der Waals surface area (Å²) in [5.41, 5.74) is 8.59. The Morgan fingerprint density at radius 1 is 1.21 bits per heavy atom. The van der Waals surface area contributed by atoms with Gasteiger partial charge in [-0.15, -0.1) is 23.1 Å². The predicted octanol–water partition coefficient (Wildman–Crippen LogP) is 4.51. The second kappa shape index (κ2) is 7.02. The number of amides is 1. The number of hydrogen-bond acceptors (Lipinski definition) is 5. The van der Waals surface area contributed by atoms with Crippen molar-refractivity contribution in [3.63, 3.8) is 0 Å². The van der Waals surface area contributed by atoms with Crippen LogP contribution in [0.2, 0.25) is 0 Å². The third-order valence-corrected chi connectivity index (χ3v) is 5.41. The monoisotopic (exact) mass is 359 g/mol. The van der Waals surface area contributed by atoms with Gasteiger partial charge in [-0.2, -0.15) is 0 Å². The number of nitrogens with one attached hydrogen (secondary N) is 1. The smallest absolute Gasteiger partial charge is 0.284 e. The summed E-state index contributed by atoms with van der Waals surface area (Å²) >= 11 is 2.86. The van der Waals surface area contributed by atoms with Crippen LogP contribution in [0.4, 0.5) is 15.8 Å². The van der Waals surface area contributed by atoms with Crippen molar-refractivity contribution in [2.45, 2.75) is 4.21 Å². The maximum absolute atomic E-state index is 13.1. The fourth-order valence-corrected chi connectivity index (χ4v) is 3.39. The van der Waals surface area contributed by atoms with Crippen molar-refractivity contribution in [2.24, 2.45) is 0 Å². The Kier molecular flexibility index (Phi) is 4.82. The van der Waals surface area contributed by atoms with E-state index in [0.717, 1.165) is 15.3 Å². The second-order valence-corrected chi connectivity index (χ2v) is 7.09. The summed E-state index contributed by atoms with van der Waals surface area (Å²) in [7, 11) is 0. The molecule has 0 radical (unpaired) electrons. The van der Waals surface area contributed by atoms with Crippen LogP contribution in [0.15, 0.2) is 52.9 Å². The molecule has 122 valence electrons. The van der Waals surface area contributed by atoms with Gasteiger partial charge >= 0.3 is 0 Å². The van der Waals surface area contributed by atoms with Gasteiger partial charge in [-0.1, -0.05) is 18.2 Å². The molecule has 0 aliphatic heterocycles. The van der Waals surface area contributed by atoms with Crippen LogP contribution in [-0.2, 0) is 0 Å². The van der Waals surface area contributed by atoms with E-state index in [2.05, 4.69) is 10.3 Å². The molecule has 3 N–H and O–H groups in total. The van der Waals surface area contributed by atoms with Gasteiger partial charge in [0.2, 0.25) is 0 Å². The van der Waals surface area contributed by atoms with E-state index in [1.807, 2.05) is 12.3 Å². The Bertz CT molecular complexity index is 878. The summed E-state index contributed by atoms with van der Waals surface area (Å²) in [4.78, 5) is 16.4. The minimum atomic E-state index is -0.303. The van der Waals surface area contributed by atoms with Crippen molar-refractivity contribution >= 4 is 40.4 Å². The fraction of sp³-hybridized carbons (Fsp3) is 0.0588. The second-order valence-electron chi connectivity index (χ2n) is 4.95. The Balaban J connectivity index is 1.86. The quantitative estimate of drug-likeness (QED) is 0.531. The Hall–Kier alpha value is -2.38. The van der Waals surface area contributed by atoms with E-state index in [9.17, 15) is 9.18 Å². The molecule has 3 rings (SSSR count). The number of anilines is 2. The van der Waals surface area contributed by atoms with Crippen LogP contribution >= 0.6 is 23.1 Å². The molecule has 0 fully saturated rings. The number of nitrogen functional groups attached to an aromatic ring is 1. The van der Waals surface area contributed by atoms with Gasteiger partial charge in [0.25, 0.3) is 5.91 Å². The Morgan fingerprint density at radius 2 is 1.92 bits per heavy atom. The Labute approximate surface area is 146 Å². The lowest BCUT2D eigenvalue weighted by Crippen LogP contribution is -2.12. The summed E-state index contributed by atoms with van der Waals surface area (Å²) in [5, 5.41) is 3.17. The number of aromatic nitrogens is 1. The van der Waals surface area contributed by atoms with Crippen LogP contribution in [0.25, 0.3) is 11.1 Å². The molecule has 0 unspecified atom stereocenters. The van der Waals surface area contributed by atoms with Crippen LogP contribution in [0, 0.1) is 5.82 Å². The van der Waals surface area contributed by atoms with Crippen molar-refractivity contribution in [3.8, 4) is 11.1 Å². The van der Waals surface area contributed by atoms with Crippen molar-refractivity contribution in [1.82, 2.24) is 4.98 Å². The lowest BCUT2D eigenvalue weighted by atomic mass is 10.0. The third-order valence-electron chi connectivity index (χ3n) is 3.36. The van der Waals surface area contributed by atoms with Gasteiger partial charge in [0.05, 0.1) is 21.8 Å². The normalized spacial score (nSPS) is 10.6. The maximum atomic E-state index is 13.1. The number of carbonyl (C=O) groups is 1. The standard InChI is InChI=1S/C17H14FN3OS2/c1-23-15-9-20-17(24-15)16(22)21-14-8-11(4-7-13(14)19)10-2-5-12(18)6-3-10/h2-9H,19H2,1H3,(H,21,22). The van der Waals surface area contributed by atoms with Gasteiger partial charge in [-0.25, -0.2) is 9.37 Å². The number of carbonyl (C=O) groups excluding carboxylic acids is 1. The number of halogens is 1. The highest BCUT2D eigenvalue weighted by Crippen LogP contribution is 2.29. The third kappa shape index (κ3) is 3.58. The van der Waals surface area contributed by atoms with E-state index in [-0.39, 0.29) is 11.7 Å². The van der Waals surface area contributed by atoms with Crippen LogP contribution in [0.5, 0.6) is 0 Å². The molecular weight excluding hydrogens is 345 g/mol. The average molecular weight is 359 g/mol. The molecule has 7 heteroatoms. The minimum absolute atomic E-state index is 0.295. The zero-order valence-electron chi connectivity index (χ0n) is 12.7. The van der Waals surface area contributed by atoms with E-state index in [1.165, 1.54) is 35.2 Å². The molecule has 0 saturated heterocycles. The predicted molar refractivity (Wildman–Crippen MR) is 98.1 cm³/mol. The fourth-order valence-electron chi connectivity index (χ4n) is 2.12. The minimum Gasteiger partial charge on any atom is -0.397 e.